The van der Waals surface area contributed by atoms with Crippen LogP contribution in [-0.4, -0.2) is 30.9 Å². The first-order valence-corrected chi connectivity index (χ1v) is 5.52. The molecule has 0 heterocycles. The number of amides is 1. The van der Waals surface area contributed by atoms with Crippen LogP contribution in [0.1, 0.15) is 40.5 Å². The van der Waals surface area contributed by atoms with Gasteiger partial charge in [-0.2, -0.15) is 5.48 Å². The highest BCUT2D eigenvalue weighted by molar-refractivity contribution is 5.75. The number of esters is 1. The molecule has 0 spiro atoms. The topological polar surface area (TPSA) is 73.9 Å². The van der Waals surface area contributed by atoms with E-state index >= 15 is 0 Å². The van der Waals surface area contributed by atoms with E-state index in [9.17, 15) is 9.59 Å². The third-order valence-electron chi connectivity index (χ3n) is 1.70. The third kappa shape index (κ3) is 7.57. The molecule has 0 saturated heterocycles. The van der Waals surface area contributed by atoms with Crippen molar-refractivity contribution in [2.75, 3.05) is 7.11 Å². The molecular weight excluding hydrogens is 226 g/mol. The average molecular weight is 247 g/mol. The third-order valence-corrected chi connectivity index (χ3v) is 1.70. The van der Waals surface area contributed by atoms with Crippen molar-refractivity contribution in [2.45, 2.75) is 52.2 Å². The summed E-state index contributed by atoms with van der Waals surface area (Å²) in [6, 6.07) is 0. The van der Waals surface area contributed by atoms with Gasteiger partial charge in [-0.3, -0.25) is 4.84 Å². The molecule has 0 aromatic heterocycles. The highest BCUT2D eigenvalue weighted by atomic mass is 16.7. The van der Waals surface area contributed by atoms with E-state index in [2.05, 4.69) is 10.2 Å². The van der Waals surface area contributed by atoms with Crippen LogP contribution in [0.5, 0.6) is 0 Å². The molecule has 0 bridgehead atoms. The second-order valence-corrected chi connectivity index (χ2v) is 4.52. The van der Waals surface area contributed by atoms with E-state index < -0.39 is 23.8 Å². The van der Waals surface area contributed by atoms with E-state index in [-0.39, 0.29) is 0 Å². The van der Waals surface area contributed by atoms with Crippen LogP contribution in [0.25, 0.3) is 0 Å². The zero-order valence-electron chi connectivity index (χ0n) is 11.0. The molecule has 0 aromatic rings. The standard InChI is InChI=1S/C11H21NO5/c1-6-7-8(9(13)15-5)17-12-10(14)16-11(2,3)4/h8H,6-7H2,1-5H3,(H,12,14). The van der Waals surface area contributed by atoms with Gasteiger partial charge >= 0.3 is 12.1 Å². The molecule has 0 aliphatic rings. The molecule has 0 aliphatic heterocycles. The van der Waals surface area contributed by atoms with Crippen molar-refractivity contribution in [3.05, 3.63) is 0 Å². The van der Waals surface area contributed by atoms with Crippen molar-refractivity contribution in [1.82, 2.24) is 5.48 Å². The summed E-state index contributed by atoms with van der Waals surface area (Å²) in [4.78, 5) is 27.5. The Kier molecular flexibility index (Phi) is 6.57. The van der Waals surface area contributed by atoms with Gasteiger partial charge in [-0.1, -0.05) is 13.3 Å². The Morgan fingerprint density at radius 3 is 2.29 bits per heavy atom. The number of methoxy groups -OCH3 is 1. The molecule has 6 nitrogen and oxygen atoms in total. The molecular formula is C11H21NO5. The molecule has 0 saturated carbocycles. The second kappa shape index (κ2) is 7.11. The van der Waals surface area contributed by atoms with Crippen LogP contribution in [0.2, 0.25) is 0 Å². The van der Waals surface area contributed by atoms with Crippen LogP contribution < -0.4 is 5.48 Å². The van der Waals surface area contributed by atoms with E-state index in [1.165, 1.54) is 7.11 Å². The number of hydrogen-bond donors (Lipinski definition) is 1. The van der Waals surface area contributed by atoms with Crippen molar-refractivity contribution in [1.29, 1.82) is 0 Å². The summed E-state index contributed by atoms with van der Waals surface area (Å²) in [5.41, 5.74) is 1.47. The van der Waals surface area contributed by atoms with Crippen molar-refractivity contribution in [3.63, 3.8) is 0 Å². The number of hydrogen-bond acceptors (Lipinski definition) is 5. The molecule has 0 fully saturated rings. The lowest BCUT2D eigenvalue weighted by Gasteiger charge is -2.20. The largest absolute Gasteiger partial charge is 0.467 e. The van der Waals surface area contributed by atoms with Crippen LogP contribution >= 0.6 is 0 Å². The maximum Gasteiger partial charge on any atom is 0.431 e. The van der Waals surface area contributed by atoms with E-state index in [0.717, 1.165) is 6.42 Å². The van der Waals surface area contributed by atoms with E-state index in [1.54, 1.807) is 20.8 Å². The first-order chi connectivity index (χ1) is 7.80. The van der Waals surface area contributed by atoms with Crippen molar-refractivity contribution >= 4 is 12.1 Å². The molecule has 1 atom stereocenters. The predicted octanol–water partition coefficient (Wildman–Crippen LogP) is 1.78. The number of ether oxygens (including phenoxy) is 2. The van der Waals surface area contributed by atoms with E-state index in [4.69, 9.17) is 9.57 Å². The smallest absolute Gasteiger partial charge is 0.431 e. The monoisotopic (exact) mass is 247 g/mol. The second-order valence-electron chi connectivity index (χ2n) is 4.52. The molecule has 1 unspecified atom stereocenters. The summed E-state index contributed by atoms with van der Waals surface area (Å²) < 4.78 is 9.49. The summed E-state index contributed by atoms with van der Waals surface area (Å²) >= 11 is 0. The Morgan fingerprint density at radius 2 is 1.88 bits per heavy atom. The molecule has 100 valence electrons. The first kappa shape index (κ1) is 15.7. The summed E-state index contributed by atoms with van der Waals surface area (Å²) in [5.74, 6) is -0.525. The Labute approximate surface area is 102 Å². The van der Waals surface area contributed by atoms with Gasteiger partial charge < -0.3 is 9.47 Å². The number of nitrogens with one attached hydrogen (secondary N) is 1. The van der Waals surface area contributed by atoms with Gasteiger partial charge in [0.05, 0.1) is 7.11 Å². The number of carbonyl (C=O) groups excluding carboxylic acids is 2. The normalized spacial score (nSPS) is 12.8. The van der Waals surface area contributed by atoms with E-state index in [0.29, 0.717) is 6.42 Å². The number of hydroxylamine groups is 1. The Bertz CT molecular complexity index is 259. The van der Waals surface area contributed by atoms with Crippen LogP contribution in [0, 0.1) is 0 Å². The lowest BCUT2D eigenvalue weighted by atomic mass is 10.2. The van der Waals surface area contributed by atoms with Crippen molar-refractivity contribution < 1.29 is 23.9 Å². The van der Waals surface area contributed by atoms with Gasteiger partial charge in [0, 0.05) is 0 Å². The minimum Gasteiger partial charge on any atom is -0.467 e. The van der Waals surface area contributed by atoms with Crippen LogP contribution in [0.3, 0.4) is 0 Å². The molecule has 17 heavy (non-hydrogen) atoms. The summed E-state index contributed by atoms with van der Waals surface area (Å²) in [5, 5.41) is 0. The van der Waals surface area contributed by atoms with Gasteiger partial charge in [0.25, 0.3) is 0 Å². The average Bonchev–Trinajstić information content (AvgIpc) is 2.20. The Balaban J connectivity index is 4.13. The lowest BCUT2D eigenvalue weighted by molar-refractivity contribution is -0.159. The van der Waals surface area contributed by atoms with Gasteiger partial charge in [-0.15, -0.1) is 0 Å². The molecule has 0 radical (unpaired) electrons. The predicted molar refractivity (Wildman–Crippen MR) is 61.2 cm³/mol. The Hall–Kier alpha value is -1.30. The number of rotatable bonds is 5. The maximum absolute atomic E-state index is 11.3. The van der Waals surface area contributed by atoms with Gasteiger partial charge in [-0.05, 0) is 27.2 Å². The first-order valence-electron chi connectivity index (χ1n) is 5.52. The lowest BCUT2D eigenvalue weighted by Crippen LogP contribution is -2.38. The zero-order chi connectivity index (χ0) is 13.5. The van der Waals surface area contributed by atoms with Gasteiger partial charge in [0.1, 0.15) is 5.60 Å². The van der Waals surface area contributed by atoms with Crippen LogP contribution in [-0.2, 0) is 19.1 Å². The fourth-order valence-electron chi connectivity index (χ4n) is 1.04. The van der Waals surface area contributed by atoms with Gasteiger partial charge in [-0.25, -0.2) is 9.59 Å². The molecule has 1 amide bonds. The minimum atomic E-state index is -0.808. The zero-order valence-corrected chi connectivity index (χ0v) is 11.0. The molecule has 1 N–H and O–H groups in total. The van der Waals surface area contributed by atoms with Crippen molar-refractivity contribution in [2.24, 2.45) is 0 Å². The van der Waals surface area contributed by atoms with Gasteiger partial charge in [0.15, 0.2) is 6.10 Å². The summed E-state index contributed by atoms with van der Waals surface area (Å²) in [7, 11) is 1.27. The fraction of sp³-hybridized carbons (Fsp3) is 0.818. The quantitative estimate of drug-likeness (QED) is 0.592. The summed E-state index contributed by atoms with van der Waals surface area (Å²) in [6.07, 6.45) is -0.349. The molecule has 0 aromatic carbocycles. The maximum atomic E-state index is 11.3. The summed E-state index contributed by atoms with van der Waals surface area (Å²) in [6.45, 7) is 7.09. The molecule has 0 aliphatic carbocycles. The van der Waals surface area contributed by atoms with Crippen LogP contribution in [0.4, 0.5) is 4.79 Å². The molecule has 6 heteroatoms. The van der Waals surface area contributed by atoms with Gasteiger partial charge in [0.2, 0.25) is 0 Å². The molecule has 0 rings (SSSR count). The van der Waals surface area contributed by atoms with Crippen molar-refractivity contribution in [3.8, 4) is 0 Å². The Morgan fingerprint density at radius 1 is 1.29 bits per heavy atom. The van der Waals surface area contributed by atoms with E-state index in [1.807, 2.05) is 6.92 Å². The highest BCUT2D eigenvalue weighted by Gasteiger charge is 2.22. The highest BCUT2D eigenvalue weighted by Crippen LogP contribution is 2.07. The SMILES string of the molecule is CCCC(ONC(=O)OC(C)(C)C)C(=O)OC. The minimum absolute atomic E-state index is 0.461. The fourth-order valence-corrected chi connectivity index (χ4v) is 1.04. The number of carbonyl (C=O) groups is 2. The van der Waals surface area contributed by atoms with Crippen LogP contribution in [0.15, 0.2) is 0 Å².